The summed E-state index contributed by atoms with van der Waals surface area (Å²) in [4.78, 5) is 0. The molecule has 6 nitrogen and oxygen atoms in total. The van der Waals surface area contributed by atoms with Gasteiger partial charge in [-0.3, -0.25) is 0 Å². The van der Waals surface area contributed by atoms with Gasteiger partial charge in [-0.2, -0.15) is 5.43 Å². The van der Waals surface area contributed by atoms with Gasteiger partial charge in [0.2, 0.25) is 5.62 Å². The highest BCUT2D eigenvalue weighted by molar-refractivity contribution is 5.76. The molecule has 7 heteroatoms. The summed E-state index contributed by atoms with van der Waals surface area (Å²) in [6, 6.07) is 16.6. The summed E-state index contributed by atoms with van der Waals surface area (Å²) in [5.41, 5.74) is 8.74. The molecule has 0 bridgehead atoms. The molecule has 4 rings (SSSR count). The van der Waals surface area contributed by atoms with Crippen LogP contribution in [0.5, 0.6) is 0 Å². The van der Waals surface area contributed by atoms with Gasteiger partial charge >= 0.3 is 5.95 Å². The summed E-state index contributed by atoms with van der Waals surface area (Å²) in [6.07, 6.45) is 0. The molecule has 25 heavy (non-hydrogen) atoms. The van der Waals surface area contributed by atoms with E-state index >= 15 is 0 Å². The van der Waals surface area contributed by atoms with Gasteiger partial charge in [0, 0.05) is 14.1 Å². The van der Waals surface area contributed by atoms with E-state index in [2.05, 4.69) is 53.1 Å². The number of aryl methyl sites for hydroxylation is 4. The third-order valence-electron chi connectivity index (χ3n) is 4.70. The quantitative estimate of drug-likeness (QED) is 0.354. The molecular formula is C18H21ClN6. The lowest BCUT2D eigenvalue weighted by atomic mass is 10.3. The number of aromatic nitrogens is 4. The van der Waals surface area contributed by atoms with Gasteiger partial charge in [0.25, 0.3) is 0 Å². The second-order valence-corrected chi connectivity index (χ2v) is 6.06. The Balaban J connectivity index is 0.00000182. The van der Waals surface area contributed by atoms with Gasteiger partial charge < -0.3 is 21.5 Å². The normalized spacial score (nSPS) is 10.9. The Bertz CT molecular complexity index is 1050. The zero-order valence-corrected chi connectivity index (χ0v) is 15.5. The molecule has 0 saturated carbocycles. The molecule has 130 valence electrons. The summed E-state index contributed by atoms with van der Waals surface area (Å²) in [5.74, 6) is 0.932. The smallest absolute Gasteiger partial charge is 0.381 e. The number of imidazole rings is 2. The van der Waals surface area contributed by atoms with Crippen molar-refractivity contribution in [2.75, 3.05) is 5.43 Å². The van der Waals surface area contributed by atoms with E-state index in [1.807, 2.05) is 52.5 Å². The number of anilines is 1. The maximum absolute atomic E-state index is 4.66. The zero-order chi connectivity index (χ0) is 16.8. The molecule has 2 aromatic carbocycles. The van der Waals surface area contributed by atoms with Gasteiger partial charge in [-0.1, -0.05) is 29.4 Å². The number of halogens is 1. The Morgan fingerprint density at radius 3 is 1.88 bits per heavy atom. The fourth-order valence-electron chi connectivity index (χ4n) is 3.36. The molecule has 0 aliphatic heterocycles. The van der Waals surface area contributed by atoms with Crippen molar-refractivity contribution >= 4 is 28.0 Å². The van der Waals surface area contributed by atoms with Crippen LogP contribution in [-0.2, 0) is 28.2 Å². The van der Waals surface area contributed by atoms with Crippen LogP contribution in [0, 0.1) is 0 Å². The lowest BCUT2D eigenvalue weighted by Gasteiger charge is -1.97. The lowest BCUT2D eigenvalue weighted by molar-refractivity contribution is -0.630. The van der Waals surface area contributed by atoms with Crippen molar-refractivity contribution < 1.29 is 17.0 Å². The third-order valence-corrected chi connectivity index (χ3v) is 4.70. The van der Waals surface area contributed by atoms with Crippen molar-refractivity contribution in [3.63, 3.8) is 0 Å². The summed E-state index contributed by atoms with van der Waals surface area (Å²) in [7, 11) is 8.15. The number of benzene rings is 2. The van der Waals surface area contributed by atoms with Crippen LogP contribution >= 0.6 is 0 Å². The number of nitrogens with one attached hydrogen (secondary N) is 1. The van der Waals surface area contributed by atoms with E-state index in [9.17, 15) is 0 Å². The number of para-hydroxylation sites is 4. The number of fused-ring (bicyclic) bond motifs is 2. The molecule has 2 heterocycles. The van der Waals surface area contributed by atoms with Crippen LogP contribution < -0.4 is 28.0 Å². The van der Waals surface area contributed by atoms with Crippen molar-refractivity contribution in [2.45, 2.75) is 0 Å². The van der Waals surface area contributed by atoms with Gasteiger partial charge in [0.05, 0.1) is 25.1 Å². The van der Waals surface area contributed by atoms with Crippen LogP contribution in [0.4, 0.5) is 5.95 Å². The Morgan fingerprint density at radius 1 is 0.800 bits per heavy atom. The average Bonchev–Trinajstić information content (AvgIpc) is 3.00. The lowest BCUT2D eigenvalue weighted by Crippen LogP contribution is -3.00. The molecule has 2 aromatic heterocycles. The van der Waals surface area contributed by atoms with E-state index in [-0.39, 0.29) is 12.4 Å². The van der Waals surface area contributed by atoms with Crippen molar-refractivity contribution in [3.8, 4) is 0 Å². The van der Waals surface area contributed by atoms with E-state index in [0.29, 0.717) is 0 Å². The van der Waals surface area contributed by atoms with Gasteiger partial charge in [-0.05, 0) is 24.3 Å². The van der Waals surface area contributed by atoms with Crippen LogP contribution in [0.15, 0.2) is 53.6 Å². The molecule has 4 aromatic rings. The van der Waals surface area contributed by atoms with E-state index in [0.717, 1.165) is 22.6 Å². The van der Waals surface area contributed by atoms with Crippen LogP contribution in [0.1, 0.15) is 0 Å². The predicted molar refractivity (Wildman–Crippen MR) is 95.2 cm³/mol. The molecule has 0 saturated heterocycles. The van der Waals surface area contributed by atoms with E-state index < -0.39 is 0 Å². The fourth-order valence-corrected chi connectivity index (χ4v) is 3.36. The Hall–Kier alpha value is -2.73. The highest BCUT2D eigenvalue weighted by Crippen LogP contribution is 2.15. The first-order chi connectivity index (χ1) is 11.6. The minimum atomic E-state index is 0. The highest BCUT2D eigenvalue weighted by Gasteiger charge is 2.18. The number of nitrogens with zero attached hydrogens (tertiary/aromatic N) is 5. The molecule has 0 spiro atoms. The monoisotopic (exact) mass is 356 g/mol. The molecule has 0 atom stereocenters. The number of hydrogen-bond donors (Lipinski definition) is 1. The molecule has 0 aliphatic carbocycles. The topological polar surface area (TPSA) is 43.1 Å². The molecule has 0 radical (unpaired) electrons. The minimum Gasteiger partial charge on any atom is -1.00 e. The summed E-state index contributed by atoms with van der Waals surface area (Å²) in [5, 5.41) is 4.66. The van der Waals surface area contributed by atoms with Crippen molar-refractivity contribution in [3.05, 3.63) is 54.1 Å². The SMILES string of the molecule is Cn1c(NN=c2n(C)c3ccccc3n2C)[n+](C)c2ccccc21.[Cl-]. The van der Waals surface area contributed by atoms with Crippen LogP contribution in [0.25, 0.3) is 22.1 Å². The highest BCUT2D eigenvalue weighted by atomic mass is 35.5. The molecule has 1 N–H and O–H groups in total. The first kappa shape index (κ1) is 17.1. The summed E-state index contributed by atoms with van der Waals surface area (Å²) in [6.45, 7) is 0. The first-order valence-corrected chi connectivity index (χ1v) is 7.93. The standard InChI is InChI=1S/C18H20N6.ClH/c1-21-13-9-5-6-10-14(13)22(2)17(21)19-20-18-23(3)15-11-7-8-12-16(15)24(18)4;/h5-12H,1-4H3;1H. The van der Waals surface area contributed by atoms with Gasteiger partial charge in [-0.25, -0.2) is 9.13 Å². The molecular weight excluding hydrogens is 336 g/mol. The Kier molecular flexibility index (Phi) is 4.30. The predicted octanol–water partition coefficient (Wildman–Crippen LogP) is -1.24. The number of rotatable bonds is 2. The van der Waals surface area contributed by atoms with Crippen molar-refractivity contribution in [2.24, 2.45) is 33.3 Å². The zero-order valence-electron chi connectivity index (χ0n) is 14.7. The summed E-state index contributed by atoms with van der Waals surface area (Å²) < 4.78 is 8.40. The van der Waals surface area contributed by atoms with E-state index in [4.69, 9.17) is 0 Å². The van der Waals surface area contributed by atoms with Crippen molar-refractivity contribution in [1.29, 1.82) is 0 Å². The van der Waals surface area contributed by atoms with Gasteiger partial charge in [0.1, 0.15) is 11.0 Å². The van der Waals surface area contributed by atoms with Crippen LogP contribution in [0.2, 0.25) is 0 Å². The van der Waals surface area contributed by atoms with Crippen LogP contribution in [0.3, 0.4) is 0 Å². The second-order valence-electron chi connectivity index (χ2n) is 6.06. The van der Waals surface area contributed by atoms with Crippen LogP contribution in [-0.4, -0.2) is 13.7 Å². The third kappa shape index (κ3) is 2.49. The maximum atomic E-state index is 4.66. The molecule has 0 aliphatic rings. The largest absolute Gasteiger partial charge is 1.00 e. The Morgan fingerprint density at radius 2 is 1.32 bits per heavy atom. The fraction of sp³-hybridized carbons (Fsp3) is 0.222. The van der Waals surface area contributed by atoms with E-state index in [1.54, 1.807) is 0 Å². The molecule has 0 unspecified atom stereocenters. The average molecular weight is 357 g/mol. The number of hydrogen-bond acceptors (Lipinski definition) is 2. The minimum absolute atomic E-state index is 0. The van der Waals surface area contributed by atoms with Crippen molar-refractivity contribution in [1.82, 2.24) is 13.7 Å². The molecule has 0 amide bonds. The summed E-state index contributed by atoms with van der Waals surface area (Å²) >= 11 is 0. The van der Waals surface area contributed by atoms with E-state index in [1.165, 1.54) is 11.0 Å². The Labute approximate surface area is 152 Å². The first-order valence-electron chi connectivity index (χ1n) is 7.93. The van der Waals surface area contributed by atoms with Gasteiger partial charge in [0.15, 0.2) is 0 Å². The van der Waals surface area contributed by atoms with Gasteiger partial charge in [-0.15, -0.1) is 0 Å². The maximum Gasteiger partial charge on any atom is 0.381 e. The molecule has 0 fully saturated rings. The second kappa shape index (κ2) is 6.29.